The van der Waals surface area contributed by atoms with Crippen LogP contribution in [0.2, 0.25) is 5.02 Å². The Morgan fingerprint density at radius 3 is 2.09 bits per heavy atom. The number of rotatable bonds is 7. The van der Waals surface area contributed by atoms with Crippen LogP contribution in [0.15, 0.2) is 42.6 Å². The van der Waals surface area contributed by atoms with Crippen LogP contribution in [-0.2, 0) is 11.2 Å². The number of carboxylic acids is 1. The third-order valence-corrected chi connectivity index (χ3v) is 6.41. The Balaban J connectivity index is 2.45. The van der Waals surface area contributed by atoms with Crippen molar-refractivity contribution in [3.05, 3.63) is 75.6 Å². The number of carbonyl (C=O) groups is 3. The van der Waals surface area contributed by atoms with Crippen molar-refractivity contribution >= 4 is 34.7 Å². The molecule has 0 saturated carbocycles. The van der Waals surface area contributed by atoms with E-state index in [4.69, 9.17) is 11.6 Å². The van der Waals surface area contributed by atoms with Crippen molar-refractivity contribution < 1.29 is 19.5 Å². The van der Waals surface area contributed by atoms with Crippen molar-refractivity contribution in [2.75, 3.05) is 0 Å². The summed E-state index contributed by atoms with van der Waals surface area (Å²) >= 11 is 6.03. The number of hydrogen-bond acceptors (Lipinski definition) is 3. The zero-order valence-electron chi connectivity index (χ0n) is 20.8. The highest BCUT2D eigenvalue weighted by Crippen LogP contribution is 2.37. The first-order chi connectivity index (χ1) is 15.6. The predicted octanol–water partition coefficient (Wildman–Crippen LogP) is 6.83. The van der Waals surface area contributed by atoms with Gasteiger partial charge in [0.15, 0.2) is 5.78 Å². The SMILES string of the molecule is CC(C)c1ccn2c(C(=O)c3ccc(Cl)cc3)c(CC(C)(C)C(=O)O)c(C(=O)C(C)(C)C)c2c1. The first kappa shape index (κ1) is 25.7. The molecule has 0 aliphatic heterocycles. The summed E-state index contributed by atoms with van der Waals surface area (Å²) in [5.41, 5.74) is 1.36. The van der Waals surface area contributed by atoms with Crippen molar-refractivity contribution in [2.24, 2.45) is 10.8 Å². The van der Waals surface area contributed by atoms with Gasteiger partial charge in [0.25, 0.3) is 0 Å². The standard InChI is InChI=1S/C28H32ClNO4/c1-16(2)18-12-13-30-21(14-18)22(25(32)27(3,4)5)20(15-28(6,7)26(33)34)23(30)24(31)17-8-10-19(29)11-9-17/h8-14,16H,15H2,1-7H3,(H,33,34). The number of halogens is 1. The van der Waals surface area contributed by atoms with Gasteiger partial charge in [0.05, 0.1) is 16.6 Å². The highest BCUT2D eigenvalue weighted by Gasteiger charge is 2.37. The highest BCUT2D eigenvalue weighted by atomic mass is 35.5. The van der Waals surface area contributed by atoms with E-state index < -0.39 is 16.8 Å². The molecule has 0 aliphatic rings. The average molecular weight is 482 g/mol. The molecule has 34 heavy (non-hydrogen) atoms. The van der Waals surface area contributed by atoms with Gasteiger partial charge < -0.3 is 9.51 Å². The minimum atomic E-state index is -1.19. The van der Waals surface area contributed by atoms with Crippen LogP contribution in [0, 0.1) is 10.8 Å². The summed E-state index contributed by atoms with van der Waals surface area (Å²) in [6.07, 6.45) is 1.84. The Kier molecular flexibility index (Phi) is 6.82. The normalized spacial score (nSPS) is 12.4. The number of pyridine rings is 1. The summed E-state index contributed by atoms with van der Waals surface area (Å²) in [6.45, 7) is 12.8. The van der Waals surface area contributed by atoms with Gasteiger partial charge >= 0.3 is 5.97 Å². The number of hydrogen-bond donors (Lipinski definition) is 1. The van der Waals surface area contributed by atoms with Crippen molar-refractivity contribution in [2.45, 2.75) is 60.8 Å². The zero-order chi connectivity index (χ0) is 25.6. The fraction of sp³-hybridized carbons (Fsp3) is 0.393. The van der Waals surface area contributed by atoms with Crippen LogP contribution in [0.1, 0.15) is 91.9 Å². The molecule has 0 saturated heterocycles. The maximum Gasteiger partial charge on any atom is 0.309 e. The van der Waals surface area contributed by atoms with Gasteiger partial charge in [-0.3, -0.25) is 14.4 Å². The number of aliphatic carboxylic acids is 1. The fourth-order valence-corrected chi connectivity index (χ4v) is 4.11. The average Bonchev–Trinajstić information content (AvgIpc) is 3.04. The van der Waals surface area contributed by atoms with Gasteiger partial charge in [0.1, 0.15) is 0 Å². The van der Waals surface area contributed by atoms with Crippen molar-refractivity contribution in [3.8, 4) is 0 Å². The number of nitrogens with zero attached hydrogens (tertiary/aromatic N) is 1. The molecule has 2 heterocycles. The second-order valence-corrected chi connectivity index (χ2v) is 11.3. The van der Waals surface area contributed by atoms with Gasteiger partial charge in [-0.25, -0.2) is 0 Å². The smallest absolute Gasteiger partial charge is 0.309 e. The number of carboxylic acid groups (broad SMARTS) is 1. The molecule has 0 bridgehead atoms. The second-order valence-electron chi connectivity index (χ2n) is 10.9. The fourth-order valence-electron chi connectivity index (χ4n) is 3.98. The summed E-state index contributed by atoms with van der Waals surface area (Å²) in [5, 5.41) is 10.4. The van der Waals surface area contributed by atoms with E-state index >= 15 is 0 Å². The van der Waals surface area contributed by atoms with Crippen LogP contribution in [0.3, 0.4) is 0 Å². The maximum atomic E-state index is 13.8. The molecule has 1 aromatic carbocycles. The van der Waals surface area contributed by atoms with Crippen molar-refractivity contribution in [1.29, 1.82) is 0 Å². The Morgan fingerprint density at radius 1 is 1.00 bits per heavy atom. The van der Waals surface area contributed by atoms with Gasteiger partial charge in [-0.1, -0.05) is 46.2 Å². The first-order valence-corrected chi connectivity index (χ1v) is 11.8. The van der Waals surface area contributed by atoms with E-state index in [-0.39, 0.29) is 23.9 Å². The van der Waals surface area contributed by atoms with Gasteiger partial charge in [-0.15, -0.1) is 0 Å². The molecule has 5 nitrogen and oxygen atoms in total. The summed E-state index contributed by atoms with van der Waals surface area (Å²) in [5.74, 6) is -1.19. The minimum absolute atomic E-state index is 0.0346. The van der Waals surface area contributed by atoms with Crippen molar-refractivity contribution in [3.63, 3.8) is 0 Å². The largest absolute Gasteiger partial charge is 0.481 e. The summed E-state index contributed by atoms with van der Waals surface area (Å²) in [4.78, 5) is 39.7. The Morgan fingerprint density at radius 2 is 1.59 bits per heavy atom. The van der Waals surface area contributed by atoms with Gasteiger partial charge in [-0.2, -0.15) is 0 Å². The van der Waals surface area contributed by atoms with Gasteiger partial charge in [-0.05, 0) is 73.7 Å². The van der Waals surface area contributed by atoms with Crippen LogP contribution in [0.4, 0.5) is 0 Å². The molecule has 2 aromatic heterocycles. The molecule has 1 N–H and O–H groups in total. The molecular weight excluding hydrogens is 450 g/mol. The minimum Gasteiger partial charge on any atom is -0.481 e. The summed E-state index contributed by atoms with van der Waals surface area (Å²) in [7, 11) is 0. The quantitative estimate of drug-likeness (QED) is 0.375. The Labute approximate surface area is 205 Å². The van der Waals surface area contributed by atoms with E-state index in [1.165, 1.54) is 0 Å². The predicted molar refractivity (Wildman–Crippen MR) is 135 cm³/mol. The summed E-state index contributed by atoms with van der Waals surface area (Å²) < 4.78 is 1.75. The van der Waals surface area contributed by atoms with Gasteiger partial charge in [0, 0.05) is 27.8 Å². The van der Waals surface area contributed by atoms with Crippen LogP contribution < -0.4 is 0 Å². The second kappa shape index (κ2) is 9.03. The van der Waals surface area contributed by atoms with E-state index in [0.29, 0.717) is 32.9 Å². The molecule has 0 amide bonds. The molecule has 0 unspecified atom stereocenters. The van der Waals surface area contributed by atoms with E-state index in [9.17, 15) is 19.5 Å². The number of ketones is 2. The van der Waals surface area contributed by atoms with E-state index in [2.05, 4.69) is 13.8 Å². The number of fused-ring (bicyclic) bond motifs is 1. The Bertz CT molecular complexity index is 1270. The highest BCUT2D eigenvalue weighted by molar-refractivity contribution is 6.30. The number of aromatic nitrogens is 1. The zero-order valence-corrected chi connectivity index (χ0v) is 21.6. The topological polar surface area (TPSA) is 75.8 Å². The third-order valence-electron chi connectivity index (χ3n) is 6.16. The lowest BCUT2D eigenvalue weighted by molar-refractivity contribution is -0.146. The maximum absolute atomic E-state index is 13.8. The molecule has 0 fully saturated rings. The van der Waals surface area contributed by atoms with Crippen LogP contribution in [0.25, 0.3) is 5.52 Å². The van der Waals surface area contributed by atoms with Crippen LogP contribution in [-0.4, -0.2) is 27.0 Å². The number of carbonyl (C=O) groups excluding carboxylic acids is 2. The molecule has 6 heteroatoms. The van der Waals surface area contributed by atoms with E-state index in [0.717, 1.165) is 5.56 Å². The molecule has 3 aromatic rings. The van der Waals surface area contributed by atoms with E-state index in [1.54, 1.807) is 42.5 Å². The number of benzene rings is 1. The molecule has 180 valence electrons. The lowest BCUT2D eigenvalue weighted by atomic mass is 9.79. The lowest BCUT2D eigenvalue weighted by Gasteiger charge is -2.22. The van der Waals surface area contributed by atoms with Crippen LogP contribution in [0.5, 0.6) is 0 Å². The van der Waals surface area contributed by atoms with Crippen molar-refractivity contribution in [1.82, 2.24) is 4.40 Å². The Hall–Kier alpha value is -2.92. The molecular formula is C28H32ClNO4. The molecule has 0 spiro atoms. The molecule has 0 aliphatic carbocycles. The monoisotopic (exact) mass is 481 g/mol. The summed E-state index contributed by atoms with van der Waals surface area (Å²) in [6, 6.07) is 10.5. The molecule has 0 radical (unpaired) electrons. The van der Waals surface area contributed by atoms with Crippen LogP contribution >= 0.6 is 11.6 Å². The lowest BCUT2D eigenvalue weighted by Crippen LogP contribution is -2.29. The third kappa shape index (κ3) is 4.80. The van der Waals surface area contributed by atoms with E-state index in [1.807, 2.05) is 39.1 Å². The van der Waals surface area contributed by atoms with Gasteiger partial charge in [0.2, 0.25) is 5.78 Å². The number of Topliss-reactive ketones (excluding diaryl/α,β-unsaturated/α-hetero) is 1. The molecule has 0 atom stereocenters. The molecule has 3 rings (SSSR count). The first-order valence-electron chi connectivity index (χ1n) is 11.4.